The number of benzene rings is 1. The summed E-state index contributed by atoms with van der Waals surface area (Å²) in [4.78, 5) is 2.83. The van der Waals surface area contributed by atoms with Crippen LogP contribution in [0.25, 0.3) is 0 Å². The monoisotopic (exact) mass is 309 g/mol. The van der Waals surface area contributed by atoms with Crippen molar-refractivity contribution in [3.8, 4) is 0 Å². The number of hydrogen-bond acceptors (Lipinski definition) is 4. The summed E-state index contributed by atoms with van der Waals surface area (Å²) < 4.78 is 24.2. The van der Waals surface area contributed by atoms with E-state index in [2.05, 4.69) is 24.4 Å². The van der Waals surface area contributed by atoms with Crippen LogP contribution < -0.4 is 5.32 Å². The number of rotatable bonds is 5. The lowest BCUT2D eigenvalue weighted by molar-refractivity contribution is 0.597. The Morgan fingerprint density at radius 1 is 1.20 bits per heavy atom. The molecule has 1 aromatic heterocycles. The van der Waals surface area contributed by atoms with Gasteiger partial charge in [-0.1, -0.05) is 19.1 Å². The molecule has 0 aliphatic carbocycles. The summed E-state index contributed by atoms with van der Waals surface area (Å²) in [6.45, 7) is 5.77. The zero-order valence-electron chi connectivity index (χ0n) is 11.9. The molecular weight excluding hydrogens is 290 g/mol. The molecule has 1 atom stereocenters. The van der Waals surface area contributed by atoms with Gasteiger partial charge in [0.1, 0.15) is 0 Å². The van der Waals surface area contributed by atoms with E-state index in [1.165, 1.54) is 9.75 Å². The maximum absolute atomic E-state index is 12.1. The van der Waals surface area contributed by atoms with E-state index >= 15 is 0 Å². The molecule has 3 nitrogen and oxygen atoms in total. The van der Waals surface area contributed by atoms with Crippen LogP contribution in [0.3, 0.4) is 0 Å². The number of hydrogen-bond donors (Lipinski definition) is 1. The third kappa shape index (κ3) is 3.22. The second-order valence-electron chi connectivity index (χ2n) is 4.71. The van der Waals surface area contributed by atoms with Crippen molar-refractivity contribution in [2.75, 3.05) is 11.1 Å². The van der Waals surface area contributed by atoms with Crippen LogP contribution in [-0.4, -0.2) is 14.2 Å². The molecule has 0 bridgehead atoms. The van der Waals surface area contributed by atoms with Gasteiger partial charge in [-0.25, -0.2) is 8.42 Å². The molecule has 0 spiro atoms. The fourth-order valence-electron chi connectivity index (χ4n) is 2.00. The molecule has 108 valence electrons. The van der Waals surface area contributed by atoms with Gasteiger partial charge in [-0.15, -0.1) is 11.3 Å². The molecule has 0 fully saturated rings. The first-order valence-electron chi connectivity index (χ1n) is 6.58. The van der Waals surface area contributed by atoms with E-state index < -0.39 is 9.84 Å². The third-order valence-corrected chi connectivity index (χ3v) is 6.13. The van der Waals surface area contributed by atoms with E-state index in [1.807, 2.05) is 19.1 Å². The minimum atomic E-state index is -3.21. The second kappa shape index (κ2) is 5.97. The summed E-state index contributed by atoms with van der Waals surface area (Å²) in [6, 6.07) is 11.3. The van der Waals surface area contributed by atoms with Crippen LogP contribution in [0.5, 0.6) is 0 Å². The quantitative estimate of drug-likeness (QED) is 0.907. The highest BCUT2D eigenvalue weighted by atomic mass is 32.2. The van der Waals surface area contributed by atoms with Crippen LogP contribution in [0.4, 0.5) is 5.69 Å². The lowest BCUT2D eigenvalue weighted by Gasteiger charge is -2.17. The van der Waals surface area contributed by atoms with Crippen LogP contribution in [0.2, 0.25) is 0 Å². The summed E-state index contributed by atoms with van der Waals surface area (Å²) in [6.07, 6.45) is 0. The lowest BCUT2D eigenvalue weighted by Crippen LogP contribution is -2.11. The maximum Gasteiger partial charge on any atom is 0.180 e. The number of sulfone groups is 1. The second-order valence-corrected chi connectivity index (χ2v) is 8.28. The Hall–Kier alpha value is -1.33. The Bertz CT molecular complexity index is 689. The molecular formula is C15H19NO2S2. The molecule has 2 rings (SSSR count). The predicted octanol–water partition coefficient (Wildman–Crippen LogP) is 4.02. The molecule has 1 N–H and O–H groups in total. The van der Waals surface area contributed by atoms with Crippen molar-refractivity contribution in [1.29, 1.82) is 0 Å². The van der Waals surface area contributed by atoms with Gasteiger partial charge in [-0.05, 0) is 38.1 Å². The van der Waals surface area contributed by atoms with Crippen molar-refractivity contribution < 1.29 is 8.42 Å². The zero-order chi connectivity index (χ0) is 14.8. The smallest absolute Gasteiger partial charge is 0.180 e. The Morgan fingerprint density at radius 2 is 1.90 bits per heavy atom. The molecule has 1 heterocycles. The fraction of sp³-hybridized carbons (Fsp3) is 0.333. The predicted molar refractivity (Wildman–Crippen MR) is 85.3 cm³/mol. The summed E-state index contributed by atoms with van der Waals surface area (Å²) in [5, 5.41) is 3.31. The van der Waals surface area contributed by atoms with Crippen molar-refractivity contribution in [2.24, 2.45) is 0 Å². The largest absolute Gasteiger partial charge is 0.377 e. The first-order valence-corrected chi connectivity index (χ1v) is 9.05. The third-order valence-electron chi connectivity index (χ3n) is 3.16. The number of para-hydroxylation sites is 1. The van der Waals surface area contributed by atoms with Gasteiger partial charge >= 0.3 is 0 Å². The van der Waals surface area contributed by atoms with Gasteiger partial charge in [0.15, 0.2) is 9.84 Å². The standard InChI is InChI=1S/C15H19NO2S2/c1-4-20(17,18)15-8-6-5-7-13(15)16-12(3)14-10-9-11(2)19-14/h5-10,12,16H,4H2,1-3H3. The number of aryl methyl sites for hydroxylation is 1. The lowest BCUT2D eigenvalue weighted by atomic mass is 10.2. The van der Waals surface area contributed by atoms with Crippen molar-refractivity contribution in [1.82, 2.24) is 0 Å². The minimum absolute atomic E-state index is 0.0851. The molecule has 0 saturated heterocycles. The van der Waals surface area contributed by atoms with E-state index in [9.17, 15) is 8.42 Å². The van der Waals surface area contributed by atoms with Gasteiger partial charge in [-0.3, -0.25) is 0 Å². The van der Waals surface area contributed by atoms with Crippen LogP contribution in [0.15, 0.2) is 41.3 Å². The topological polar surface area (TPSA) is 46.2 Å². The molecule has 2 aromatic rings. The Kier molecular flexibility index (Phi) is 4.50. The van der Waals surface area contributed by atoms with E-state index in [1.54, 1.807) is 30.4 Å². The Morgan fingerprint density at radius 3 is 2.50 bits per heavy atom. The highest BCUT2D eigenvalue weighted by Crippen LogP contribution is 2.29. The van der Waals surface area contributed by atoms with E-state index in [4.69, 9.17) is 0 Å². The first-order chi connectivity index (χ1) is 9.44. The average molecular weight is 309 g/mol. The first kappa shape index (κ1) is 15.1. The summed E-state index contributed by atoms with van der Waals surface area (Å²) >= 11 is 1.72. The Labute approximate surface area is 124 Å². The van der Waals surface area contributed by atoms with Crippen molar-refractivity contribution in [3.05, 3.63) is 46.2 Å². The molecule has 1 unspecified atom stereocenters. The molecule has 1 aromatic carbocycles. The summed E-state index contributed by atoms with van der Waals surface area (Å²) in [7, 11) is -3.21. The highest BCUT2D eigenvalue weighted by Gasteiger charge is 2.17. The Balaban J connectivity index is 2.30. The van der Waals surface area contributed by atoms with Crippen molar-refractivity contribution in [2.45, 2.75) is 31.7 Å². The van der Waals surface area contributed by atoms with Gasteiger partial charge in [0.25, 0.3) is 0 Å². The molecule has 0 aliphatic rings. The molecule has 0 amide bonds. The number of nitrogens with one attached hydrogen (secondary N) is 1. The van der Waals surface area contributed by atoms with E-state index in [0.29, 0.717) is 10.6 Å². The normalized spacial score (nSPS) is 13.2. The van der Waals surface area contributed by atoms with Crippen LogP contribution >= 0.6 is 11.3 Å². The molecule has 5 heteroatoms. The van der Waals surface area contributed by atoms with Crippen molar-refractivity contribution in [3.63, 3.8) is 0 Å². The van der Waals surface area contributed by atoms with Gasteiger partial charge in [0.05, 0.1) is 22.4 Å². The van der Waals surface area contributed by atoms with Gasteiger partial charge < -0.3 is 5.32 Å². The highest BCUT2D eigenvalue weighted by molar-refractivity contribution is 7.91. The average Bonchev–Trinajstić information content (AvgIpc) is 2.86. The van der Waals surface area contributed by atoms with Crippen LogP contribution in [0, 0.1) is 6.92 Å². The number of thiophene rings is 1. The fourth-order valence-corrected chi connectivity index (χ4v) is 3.94. The van der Waals surface area contributed by atoms with Crippen LogP contribution in [-0.2, 0) is 9.84 Å². The van der Waals surface area contributed by atoms with Crippen molar-refractivity contribution >= 4 is 26.9 Å². The van der Waals surface area contributed by atoms with Gasteiger partial charge in [0.2, 0.25) is 0 Å². The molecule has 20 heavy (non-hydrogen) atoms. The summed E-state index contributed by atoms with van der Waals surface area (Å²) in [5.74, 6) is 0.109. The van der Waals surface area contributed by atoms with E-state index in [0.717, 1.165) is 0 Å². The minimum Gasteiger partial charge on any atom is -0.377 e. The summed E-state index contributed by atoms with van der Waals surface area (Å²) in [5.41, 5.74) is 0.674. The molecule has 0 aliphatic heterocycles. The van der Waals surface area contributed by atoms with Crippen LogP contribution in [0.1, 0.15) is 29.6 Å². The number of anilines is 1. The van der Waals surface area contributed by atoms with E-state index in [-0.39, 0.29) is 11.8 Å². The molecule has 0 saturated carbocycles. The van der Waals surface area contributed by atoms with Gasteiger partial charge in [-0.2, -0.15) is 0 Å². The SMILES string of the molecule is CCS(=O)(=O)c1ccccc1NC(C)c1ccc(C)s1. The zero-order valence-corrected chi connectivity index (χ0v) is 13.5. The molecule has 0 radical (unpaired) electrons. The maximum atomic E-state index is 12.1. The van der Waals surface area contributed by atoms with Gasteiger partial charge in [0, 0.05) is 9.75 Å².